The molecule has 2 unspecified atom stereocenters. The van der Waals surface area contributed by atoms with Gasteiger partial charge in [0.25, 0.3) is 0 Å². The molecule has 1 amide bonds. The van der Waals surface area contributed by atoms with Gasteiger partial charge in [0.15, 0.2) is 0 Å². The highest BCUT2D eigenvalue weighted by Crippen LogP contribution is 2.37. The van der Waals surface area contributed by atoms with E-state index < -0.39 is 6.04 Å². The number of nitrogens with zero attached hydrogens (tertiary/aromatic N) is 1. The number of rotatable bonds is 5. The Kier molecular flexibility index (Phi) is 5.23. The fraction of sp³-hybridized carbons (Fsp3) is 0.412. The normalized spacial score (nSPS) is 18.0. The maximum atomic E-state index is 13.1. The molecule has 0 radical (unpaired) electrons. The monoisotopic (exact) mass is 349 g/mol. The number of ether oxygens (including phenoxy) is 1. The van der Waals surface area contributed by atoms with Crippen LogP contribution >= 0.6 is 11.3 Å². The molecule has 3 rings (SSSR count). The zero-order chi connectivity index (χ0) is 17.1. The number of aromatic nitrogens is 1. The predicted octanol–water partition coefficient (Wildman–Crippen LogP) is 2.42. The molecule has 128 valence electrons. The van der Waals surface area contributed by atoms with Crippen molar-refractivity contribution in [3.63, 3.8) is 0 Å². The second-order valence-electron chi connectivity index (χ2n) is 5.85. The topological polar surface area (TPSA) is 77.2 Å². The highest BCUT2D eigenvalue weighted by molar-refractivity contribution is 7.15. The lowest BCUT2D eigenvalue weighted by atomic mass is 9.98. The zero-order valence-corrected chi connectivity index (χ0v) is 14.2. The van der Waals surface area contributed by atoms with Crippen LogP contribution in [0.3, 0.4) is 0 Å². The number of aryl methyl sites for hydroxylation is 1. The number of nitrogens with one attached hydrogen (secondary N) is 1. The molecule has 1 aliphatic carbocycles. The Bertz CT molecular complexity index is 717. The quantitative estimate of drug-likeness (QED) is 0.869. The van der Waals surface area contributed by atoms with E-state index in [9.17, 15) is 9.18 Å². The van der Waals surface area contributed by atoms with Crippen molar-refractivity contribution >= 4 is 17.2 Å². The molecule has 1 aromatic carbocycles. The average molecular weight is 349 g/mol. The summed E-state index contributed by atoms with van der Waals surface area (Å²) in [6.07, 6.45) is 2.72. The van der Waals surface area contributed by atoms with Crippen molar-refractivity contribution in [1.29, 1.82) is 0 Å². The Balaban J connectivity index is 1.80. The molecule has 0 bridgehead atoms. The molecule has 0 saturated carbocycles. The van der Waals surface area contributed by atoms with Gasteiger partial charge in [0.2, 0.25) is 5.91 Å². The van der Waals surface area contributed by atoms with Crippen LogP contribution < -0.4 is 11.1 Å². The average Bonchev–Trinajstić information content (AvgIpc) is 3.01. The third kappa shape index (κ3) is 3.63. The number of halogens is 1. The Morgan fingerprint density at radius 1 is 1.50 bits per heavy atom. The number of carbonyl (C=O) groups is 1. The maximum Gasteiger partial charge on any atom is 0.239 e. The minimum Gasteiger partial charge on any atom is -0.383 e. The first-order chi connectivity index (χ1) is 11.6. The Hall–Kier alpha value is -1.83. The van der Waals surface area contributed by atoms with E-state index in [0.717, 1.165) is 40.4 Å². The summed E-state index contributed by atoms with van der Waals surface area (Å²) in [5.74, 6) is -0.483. The number of fused-ring (bicyclic) bond motifs is 1. The van der Waals surface area contributed by atoms with Crippen molar-refractivity contribution < 1.29 is 13.9 Å². The fourth-order valence-electron chi connectivity index (χ4n) is 2.81. The predicted molar refractivity (Wildman–Crippen MR) is 91.2 cm³/mol. The number of thiazole rings is 1. The van der Waals surface area contributed by atoms with Crippen molar-refractivity contribution in [2.24, 2.45) is 5.73 Å². The molecule has 2 atom stereocenters. The Labute approximate surface area is 144 Å². The lowest BCUT2D eigenvalue weighted by molar-refractivity contribution is -0.124. The Morgan fingerprint density at radius 3 is 2.96 bits per heavy atom. The number of methoxy groups -OCH3 is 1. The second kappa shape index (κ2) is 7.38. The van der Waals surface area contributed by atoms with E-state index in [-0.39, 0.29) is 24.4 Å². The van der Waals surface area contributed by atoms with Crippen molar-refractivity contribution in [2.45, 2.75) is 31.3 Å². The SMILES string of the molecule is COCC(N)C(=O)NC1CCCc2nc(-c3ccc(F)cc3)sc21. The van der Waals surface area contributed by atoms with Gasteiger partial charge in [-0.1, -0.05) is 0 Å². The molecule has 1 aromatic heterocycles. The highest BCUT2D eigenvalue weighted by atomic mass is 32.1. The standard InChI is InChI=1S/C17H20FN3O2S/c1-23-9-12(19)16(22)20-13-3-2-4-14-15(13)24-17(21-14)10-5-7-11(18)8-6-10/h5-8,12-13H,2-4,9,19H2,1H3,(H,20,22). The summed E-state index contributed by atoms with van der Waals surface area (Å²) >= 11 is 1.55. The van der Waals surface area contributed by atoms with E-state index in [1.54, 1.807) is 23.5 Å². The van der Waals surface area contributed by atoms with Crippen molar-refractivity contribution in [1.82, 2.24) is 10.3 Å². The third-order valence-electron chi connectivity index (χ3n) is 4.04. The summed E-state index contributed by atoms with van der Waals surface area (Å²) in [4.78, 5) is 17.9. The van der Waals surface area contributed by atoms with Crippen LogP contribution in [0.2, 0.25) is 0 Å². The lowest BCUT2D eigenvalue weighted by Gasteiger charge is -2.23. The van der Waals surface area contributed by atoms with Gasteiger partial charge in [0.05, 0.1) is 23.2 Å². The van der Waals surface area contributed by atoms with Crippen LogP contribution in [0, 0.1) is 5.82 Å². The molecule has 1 heterocycles. The molecular formula is C17H20FN3O2S. The number of hydrogen-bond donors (Lipinski definition) is 2. The molecule has 0 aliphatic heterocycles. The number of benzene rings is 1. The largest absolute Gasteiger partial charge is 0.383 e. The van der Waals surface area contributed by atoms with Crippen LogP contribution in [0.5, 0.6) is 0 Å². The second-order valence-corrected chi connectivity index (χ2v) is 6.88. The van der Waals surface area contributed by atoms with E-state index in [2.05, 4.69) is 10.3 Å². The first-order valence-corrected chi connectivity index (χ1v) is 8.70. The van der Waals surface area contributed by atoms with E-state index >= 15 is 0 Å². The van der Waals surface area contributed by atoms with Gasteiger partial charge in [0, 0.05) is 12.7 Å². The maximum absolute atomic E-state index is 13.1. The van der Waals surface area contributed by atoms with Gasteiger partial charge in [-0.25, -0.2) is 9.37 Å². The van der Waals surface area contributed by atoms with Crippen LogP contribution in [0.25, 0.3) is 10.6 Å². The summed E-state index contributed by atoms with van der Waals surface area (Å²) in [6.45, 7) is 0.189. The molecule has 24 heavy (non-hydrogen) atoms. The number of nitrogens with two attached hydrogens (primary N) is 1. The molecule has 0 fully saturated rings. The van der Waals surface area contributed by atoms with E-state index in [1.807, 2.05) is 0 Å². The van der Waals surface area contributed by atoms with Gasteiger partial charge in [-0.3, -0.25) is 4.79 Å². The molecule has 7 heteroatoms. The number of amides is 1. The van der Waals surface area contributed by atoms with Crippen LogP contribution in [0.1, 0.15) is 29.5 Å². The van der Waals surface area contributed by atoms with Crippen LogP contribution in [-0.4, -0.2) is 30.6 Å². The van der Waals surface area contributed by atoms with Crippen molar-refractivity contribution in [3.8, 4) is 10.6 Å². The molecule has 5 nitrogen and oxygen atoms in total. The van der Waals surface area contributed by atoms with Crippen molar-refractivity contribution in [3.05, 3.63) is 40.7 Å². The first-order valence-electron chi connectivity index (χ1n) is 7.89. The molecule has 3 N–H and O–H groups in total. The molecular weight excluding hydrogens is 329 g/mol. The summed E-state index contributed by atoms with van der Waals surface area (Å²) in [6, 6.07) is 5.56. The molecule has 1 aliphatic rings. The highest BCUT2D eigenvalue weighted by Gasteiger charge is 2.27. The van der Waals surface area contributed by atoms with Gasteiger partial charge in [-0.05, 0) is 43.5 Å². The summed E-state index contributed by atoms with van der Waals surface area (Å²) in [5, 5.41) is 3.85. The van der Waals surface area contributed by atoms with E-state index in [4.69, 9.17) is 10.5 Å². The van der Waals surface area contributed by atoms with Gasteiger partial charge in [-0.15, -0.1) is 11.3 Å². The van der Waals surface area contributed by atoms with Crippen molar-refractivity contribution in [2.75, 3.05) is 13.7 Å². The van der Waals surface area contributed by atoms with Crippen LogP contribution in [0.15, 0.2) is 24.3 Å². The third-order valence-corrected chi connectivity index (χ3v) is 5.30. The number of carbonyl (C=O) groups excluding carboxylic acids is 1. The van der Waals surface area contributed by atoms with Gasteiger partial charge in [-0.2, -0.15) is 0 Å². The zero-order valence-electron chi connectivity index (χ0n) is 13.4. The fourth-order valence-corrected chi connectivity index (χ4v) is 4.01. The number of hydrogen-bond acceptors (Lipinski definition) is 5. The summed E-state index contributed by atoms with van der Waals surface area (Å²) in [5.41, 5.74) is 7.69. The summed E-state index contributed by atoms with van der Waals surface area (Å²) < 4.78 is 18.0. The van der Waals surface area contributed by atoms with Crippen LogP contribution in [0.4, 0.5) is 4.39 Å². The molecule has 2 aromatic rings. The minimum atomic E-state index is -0.676. The lowest BCUT2D eigenvalue weighted by Crippen LogP contribution is -2.45. The molecule has 0 saturated heterocycles. The summed E-state index contributed by atoms with van der Waals surface area (Å²) in [7, 11) is 1.52. The van der Waals surface area contributed by atoms with Crippen LogP contribution in [-0.2, 0) is 16.0 Å². The van der Waals surface area contributed by atoms with Gasteiger partial charge < -0.3 is 15.8 Å². The van der Waals surface area contributed by atoms with E-state index in [1.165, 1.54) is 19.2 Å². The first kappa shape index (κ1) is 17.0. The smallest absolute Gasteiger partial charge is 0.239 e. The minimum absolute atomic E-state index is 0.0733. The van der Waals surface area contributed by atoms with E-state index in [0.29, 0.717) is 0 Å². The van der Waals surface area contributed by atoms with Gasteiger partial charge in [0.1, 0.15) is 16.9 Å². The Morgan fingerprint density at radius 2 is 2.25 bits per heavy atom. The molecule has 0 spiro atoms. The van der Waals surface area contributed by atoms with Gasteiger partial charge >= 0.3 is 0 Å².